The standard InChI is InChI=1S/C20H33N3O7/c1-10(2)12-5-4-11(3)8-13(12)30-18(27)20(21)6-7-23(19(28)22-20)17-16(26)15(25)14(9-24)29-17/h6-7,10-17,24-26H,4-5,8-9,21H2,1-3H3,(H,22,28)/t11?,12?,13?,14-,15-,16-,17-,20?/m1/s1. The number of hydrogen-bond acceptors (Lipinski definition) is 8. The molecule has 1 saturated carbocycles. The molecule has 10 heteroatoms. The number of ether oxygens (including phenoxy) is 2. The van der Waals surface area contributed by atoms with E-state index in [9.17, 15) is 24.9 Å². The van der Waals surface area contributed by atoms with Gasteiger partial charge in [-0.25, -0.2) is 9.59 Å². The summed E-state index contributed by atoms with van der Waals surface area (Å²) in [6, 6.07) is -0.788. The second-order valence-electron chi connectivity index (χ2n) is 9.02. The van der Waals surface area contributed by atoms with Crippen molar-refractivity contribution >= 4 is 12.0 Å². The van der Waals surface area contributed by atoms with Crippen molar-refractivity contribution < 1.29 is 34.4 Å². The molecule has 10 nitrogen and oxygen atoms in total. The van der Waals surface area contributed by atoms with E-state index in [0.29, 0.717) is 11.8 Å². The van der Waals surface area contributed by atoms with Crippen molar-refractivity contribution in [2.75, 3.05) is 6.61 Å². The second kappa shape index (κ2) is 8.80. The Labute approximate surface area is 176 Å². The van der Waals surface area contributed by atoms with Gasteiger partial charge in [0.05, 0.1) is 6.61 Å². The number of carbonyl (C=O) groups excluding carboxylic acids is 2. The van der Waals surface area contributed by atoms with Crippen molar-refractivity contribution in [1.29, 1.82) is 0 Å². The highest BCUT2D eigenvalue weighted by Crippen LogP contribution is 2.36. The molecule has 0 bridgehead atoms. The van der Waals surface area contributed by atoms with Crippen molar-refractivity contribution in [2.45, 2.75) is 76.3 Å². The second-order valence-corrected chi connectivity index (χ2v) is 9.02. The molecule has 170 valence electrons. The van der Waals surface area contributed by atoms with Crippen molar-refractivity contribution in [3.8, 4) is 0 Å². The van der Waals surface area contributed by atoms with Gasteiger partial charge in [-0.1, -0.05) is 27.2 Å². The van der Waals surface area contributed by atoms with Gasteiger partial charge in [0.1, 0.15) is 24.4 Å². The van der Waals surface area contributed by atoms with Crippen LogP contribution in [0.15, 0.2) is 12.3 Å². The van der Waals surface area contributed by atoms with Crippen molar-refractivity contribution in [3.63, 3.8) is 0 Å². The number of carbonyl (C=O) groups is 2. The van der Waals surface area contributed by atoms with E-state index in [-0.39, 0.29) is 12.0 Å². The highest BCUT2D eigenvalue weighted by molar-refractivity contribution is 5.91. The normalized spacial score (nSPS) is 41.8. The first-order chi connectivity index (χ1) is 14.1. The average molecular weight is 427 g/mol. The van der Waals surface area contributed by atoms with Gasteiger partial charge < -0.3 is 30.1 Å². The van der Waals surface area contributed by atoms with Crippen molar-refractivity contribution in [3.05, 3.63) is 12.3 Å². The summed E-state index contributed by atoms with van der Waals surface area (Å²) in [5.74, 6) is 0.262. The minimum atomic E-state index is -1.85. The number of nitrogens with zero attached hydrogens (tertiary/aromatic N) is 1. The summed E-state index contributed by atoms with van der Waals surface area (Å²) in [4.78, 5) is 26.5. The zero-order chi connectivity index (χ0) is 22.2. The lowest BCUT2D eigenvalue weighted by molar-refractivity contribution is -0.162. The Morgan fingerprint density at radius 3 is 2.67 bits per heavy atom. The number of aliphatic hydroxyl groups excluding tert-OH is 3. The van der Waals surface area contributed by atoms with Crippen LogP contribution in [0.3, 0.4) is 0 Å². The van der Waals surface area contributed by atoms with E-state index in [4.69, 9.17) is 15.2 Å². The fraction of sp³-hybridized carbons (Fsp3) is 0.800. The Hall–Kier alpha value is -1.72. The molecule has 3 rings (SSSR count). The average Bonchev–Trinajstić information content (AvgIpc) is 2.96. The summed E-state index contributed by atoms with van der Waals surface area (Å²) >= 11 is 0. The van der Waals surface area contributed by atoms with Crippen LogP contribution in [-0.2, 0) is 14.3 Å². The van der Waals surface area contributed by atoms with Crippen molar-refractivity contribution in [1.82, 2.24) is 10.2 Å². The lowest BCUT2D eigenvalue weighted by Gasteiger charge is -2.40. The maximum absolute atomic E-state index is 12.9. The SMILES string of the molecule is CC1CCC(C(C)C)C(OC(=O)C2(N)C=CN([C@@H]3O[C@H](CO)[C@@H](O)[C@H]3O)C(=O)N2)C1. The van der Waals surface area contributed by atoms with E-state index in [1.807, 2.05) is 0 Å². The molecule has 0 aromatic carbocycles. The number of nitrogens with two attached hydrogens (primary N) is 1. The quantitative estimate of drug-likeness (QED) is 0.372. The molecular formula is C20H33N3O7. The van der Waals surface area contributed by atoms with Crippen LogP contribution in [0, 0.1) is 17.8 Å². The summed E-state index contributed by atoms with van der Waals surface area (Å²) < 4.78 is 11.1. The predicted octanol–water partition coefficient (Wildman–Crippen LogP) is -0.377. The summed E-state index contributed by atoms with van der Waals surface area (Å²) in [6.07, 6.45) is -0.00706. The van der Waals surface area contributed by atoms with Gasteiger partial charge in [0.25, 0.3) is 0 Å². The smallest absolute Gasteiger partial charge is 0.351 e. The zero-order valence-electron chi connectivity index (χ0n) is 17.6. The van der Waals surface area contributed by atoms with E-state index in [2.05, 4.69) is 26.1 Å². The molecule has 2 amide bonds. The minimum absolute atomic E-state index is 0.229. The minimum Gasteiger partial charge on any atom is -0.459 e. The molecular weight excluding hydrogens is 394 g/mol. The Bertz CT molecular complexity index is 687. The van der Waals surface area contributed by atoms with E-state index in [0.717, 1.165) is 24.2 Å². The first-order valence-corrected chi connectivity index (χ1v) is 10.5. The van der Waals surface area contributed by atoms with Gasteiger partial charge in [-0.3, -0.25) is 10.6 Å². The highest BCUT2D eigenvalue weighted by Gasteiger charge is 2.49. The molecule has 0 radical (unpaired) electrons. The fourth-order valence-electron chi connectivity index (χ4n) is 4.46. The van der Waals surface area contributed by atoms with Gasteiger partial charge in [0.15, 0.2) is 6.23 Å². The zero-order valence-corrected chi connectivity index (χ0v) is 17.6. The monoisotopic (exact) mass is 427 g/mol. The third-order valence-corrected chi connectivity index (χ3v) is 6.40. The highest BCUT2D eigenvalue weighted by atomic mass is 16.6. The van der Waals surface area contributed by atoms with Crippen LogP contribution in [0.4, 0.5) is 4.79 Å². The molecule has 0 aromatic heterocycles. The third-order valence-electron chi connectivity index (χ3n) is 6.40. The molecule has 3 aliphatic rings. The molecule has 4 unspecified atom stereocenters. The Balaban J connectivity index is 1.71. The molecule has 0 aromatic rings. The maximum atomic E-state index is 12.9. The van der Waals surface area contributed by atoms with Crippen LogP contribution in [0.25, 0.3) is 0 Å². The Morgan fingerprint density at radius 1 is 1.40 bits per heavy atom. The number of esters is 1. The molecule has 8 atom stereocenters. The van der Waals surface area contributed by atoms with E-state index in [1.165, 1.54) is 12.3 Å². The molecule has 0 spiro atoms. The van der Waals surface area contributed by atoms with Gasteiger partial charge in [0, 0.05) is 6.20 Å². The summed E-state index contributed by atoms with van der Waals surface area (Å²) in [5.41, 5.74) is 4.28. The van der Waals surface area contributed by atoms with Gasteiger partial charge in [-0.05, 0) is 36.7 Å². The number of rotatable bonds is 5. The fourth-order valence-corrected chi connectivity index (χ4v) is 4.46. The molecule has 30 heavy (non-hydrogen) atoms. The van der Waals surface area contributed by atoms with Crippen molar-refractivity contribution in [2.24, 2.45) is 23.5 Å². The predicted molar refractivity (Wildman–Crippen MR) is 105 cm³/mol. The van der Waals surface area contributed by atoms with E-state index in [1.54, 1.807) is 0 Å². The maximum Gasteiger partial charge on any atom is 0.351 e. The van der Waals surface area contributed by atoms with Crippen LogP contribution in [0.5, 0.6) is 0 Å². The number of aliphatic hydroxyl groups is 3. The van der Waals surface area contributed by atoms with Gasteiger partial charge in [0.2, 0.25) is 5.66 Å². The van der Waals surface area contributed by atoms with Crippen LogP contribution < -0.4 is 11.1 Å². The van der Waals surface area contributed by atoms with Crippen LogP contribution >= 0.6 is 0 Å². The molecule has 1 aliphatic carbocycles. The Morgan fingerprint density at radius 2 is 2.10 bits per heavy atom. The lowest BCUT2D eigenvalue weighted by Crippen LogP contribution is -2.67. The van der Waals surface area contributed by atoms with Crippen LogP contribution in [0.2, 0.25) is 0 Å². The number of hydrogen-bond donors (Lipinski definition) is 5. The van der Waals surface area contributed by atoms with Crippen LogP contribution in [-0.4, -0.2) is 75.1 Å². The molecule has 1 saturated heterocycles. The lowest BCUT2D eigenvalue weighted by atomic mass is 9.75. The molecule has 2 heterocycles. The summed E-state index contributed by atoms with van der Waals surface area (Å²) in [7, 11) is 0. The molecule has 2 aliphatic heterocycles. The summed E-state index contributed by atoms with van der Waals surface area (Å²) in [6.45, 7) is 5.80. The molecule has 2 fully saturated rings. The van der Waals surface area contributed by atoms with E-state index < -0.39 is 48.8 Å². The van der Waals surface area contributed by atoms with Crippen LogP contribution in [0.1, 0.15) is 40.0 Å². The molecule has 6 N–H and O–H groups in total. The largest absolute Gasteiger partial charge is 0.459 e. The number of nitrogens with one attached hydrogen (secondary N) is 1. The van der Waals surface area contributed by atoms with Gasteiger partial charge in [-0.2, -0.15) is 0 Å². The number of urea groups is 1. The third kappa shape index (κ3) is 4.33. The topological polar surface area (TPSA) is 155 Å². The summed E-state index contributed by atoms with van der Waals surface area (Å²) in [5, 5.41) is 31.6. The number of amides is 2. The first kappa shape index (κ1) is 23.0. The van der Waals surface area contributed by atoms with Gasteiger partial charge >= 0.3 is 12.0 Å². The van der Waals surface area contributed by atoms with E-state index >= 15 is 0 Å². The first-order valence-electron chi connectivity index (χ1n) is 10.5. The Kier molecular flexibility index (Phi) is 6.73. The van der Waals surface area contributed by atoms with Gasteiger partial charge in [-0.15, -0.1) is 0 Å².